The average Bonchev–Trinajstić information content (AvgIpc) is 3.21. The second-order valence-electron chi connectivity index (χ2n) is 7.10. The van der Waals surface area contributed by atoms with Crippen molar-refractivity contribution in [1.29, 1.82) is 0 Å². The summed E-state index contributed by atoms with van der Waals surface area (Å²) in [6, 6.07) is 12.9. The Morgan fingerprint density at radius 3 is 2.56 bits per heavy atom. The molecule has 0 aliphatic carbocycles. The second kappa shape index (κ2) is 11.0. The maximum absolute atomic E-state index is 12.4. The monoisotopic (exact) mass is 471 g/mol. The Morgan fingerprint density at radius 1 is 1.12 bits per heavy atom. The normalized spacial score (nSPS) is 11.5. The fraction of sp³-hybridized carbons (Fsp3) is 0.273. The third-order valence-electron chi connectivity index (χ3n) is 4.52. The van der Waals surface area contributed by atoms with E-state index in [-0.39, 0.29) is 0 Å². The highest BCUT2D eigenvalue weighted by Gasteiger charge is 2.19. The lowest BCUT2D eigenvalue weighted by Gasteiger charge is -2.12. The highest BCUT2D eigenvalue weighted by atomic mass is 32.2. The molecule has 1 heterocycles. The molecule has 0 aliphatic heterocycles. The van der Waals surface area contributed by atoms with Crippen molar-refractivity contribution in [3.63, 3.8) is 0 Å². The van der Waals surface area contributed by atoms with Gasteiger partial charge in [-0.1, -0.05) is 52.9 Å². The third kappa shape index (κ3) is 6.69. The van der Waals surface area contributed by atoms with Gasteiger partial charge in [-0.3, -0.25) is 10.1 Å². The van der Waals surface area contributed by atoms with E-state index in [0.29, 0.717) is 21.7 Å². The number of anilines is 2. The van der Waals surface area contributed by atoms with Crippen LogP contribution < -0.4 is 20.7 Å². The first-order valence-corrected chi connectivity index (χ1v) is 11.6. The summed E-state index contributed by atoms with van der Waals surface area (Å²) in [7, 11) is 1.63. The van der Waals surface area contributed by atoms with E-state index < -0.39 is 17.2 Å². The molecule has 1 atom stereocenters. The zero-order valence-electron chi connectivity index (χ0n) is 18.3. The van der Waals surface area contributed by atoms with Gasteiger partial charge in [-0.25, -0.2) is 4.79 Å². The minimum absolute atomic E-state index is 0.403. The molecule has 3 N–H and O–H groups in total. The molecule has 0 spiro atoms. The predicted molar refractivity (Wildman–Crippen MR) is 129 cm³/mol. The fourth-order valence-corrected chi connectivity index (χ4v) is 4.67. The molecule has 0 radical (unpaired) electrons. The number of carbonyl (C=O) groups excluding carboxylic acids is 2. The number of amides is 3. The molecule has 0 saturated heterocycles. The largest absolute Gasteiger partial charge is 0.497 e. The Hall–Kier alpha value is -3.11. The number of ether oxygens (including phenoxy) is 1. The molecule has 1 unspecified atom stereocenters. The Kier molecular flexibility index (Phi) is 8.07. The van der Waals surface area contributed by atoms with Crippen molar-refractivity contribution in [2.45, 2.75) is 36.9 Å². The summed E-state index contributed by atoms with van der Waals surface area (Å²) in [5.41, 5.74) is 3.78. The van der Waals surface area contributed by atoms with Gasteiger partial charge in [0, 0.05) is 12.2 Å². The molecule has 10 heteroatoms. The molecule has 0 aliphatic rings. The molecule has 3 aromatic rings. The summed E-state index contributed by atoms with van der Waals surface area (Å²) in [6.07, 6.45) is 0. The van der Waals surface area contributed by atoms with Gasteiger partial charge in [-0.15, -0.1) is 10.2 Å². The Morgan fingerprint density at radius 2 is 1.88 bits per heavy atom. The lowest BCUT2D eigenvalue weighted by Crippen LogP contribution is -2.39. The molecule has 0 saturated carbocycles. The van der Waals surface area contributed by atoms with Crippen LogP contribution in [-0.2, 0) is 11.3 Å². The van der Waals surface area contributed by atoms with Crippen molar-refractivity contribution < 1.29 is 14.3 Å². The van der Waals surface area contributed by atoms with E-state index in [4.69, 9.17) is 4.74 Å². The maximum Gasteiger partial charge on any atom is 0.325 e. The Balaban J connectivity index is 1.47. The van der Waals surface area contributed by atoms with Crippen LogP contribution in [0.4, 0.5) is 15.6 Å². The van der Waals surface area contributed by atoms with Gasteiger partial charge in [-0.05, 0) is 50.1 Å². The molecule has 168 valence electrons. The molecule has 1 aromatic heterocycles. The van der Waals surface area contributed by atoms with Gasteiger partial charge >= 0.3 is 6.03 Å². The number of methoxy groups -OCH3 is 1. The van der Waals surface area contributed by atoms with Crippen LogP contribution in [0.5, 0.6) is 5.75 Å². The highest BCUT2D eigenvalue weighted by Crippen LogP contribution is 2.29. The number of nitrogens with one attached hydrogen (secondary N) is 3. The van der Waals surface area contributed by atoms with Crippen LogP contribution in [0.15, 0.2) is 46.8 Å². The minimum Gasteiger partial charge on any atom is -0.497 e. The molecule has 0 bridgehead atoms. The topological polar surface area (TPSA) is 105 Å². The van der Waals surface area contributed by atoms with Gasteiger partial charge in [0.25, 0.3) is 0 Å². The van der Waals surface area contributed by atoms with E-state index in [1.54, 1.807) is 14.0 Å². The van der Waals surface area contributed by atoms with Crippen molar-refractivity contribution in [2.75, 3.05) is 17.7 Å². The van der Waals surface area contributed by atoms with E-state index >= 15 is 0 Å². The smallest absolute Gasteiger partial charge is 0.325 e. The number of benzene rings is 2. The van der Waals surface area contributed by atoms with E-state index in [9.17, 15) is 9.59 Å². The molecule has 3 amide bonds. The van der Waals surface area contributed by atoms with Crippen LogP contribution in [0.2, 0.25) is 0 Å². The van der Waals surface area contributed by atoms with Gasteiger partial charge in [-0.2, -0.15) is 0 Å². The lowest BCUT2D eigenvalue weighted by molar-refractivity contribution is -0.119. The molecule has 2 aromatic carbocycles. The highest BCUT2D eigenvalue weighted by molar-refractivity contribution is 8.02. The van der Waals surface area contributed by atoms with Gasteiger partial charge in [0.1, 0.15) is 5.75 Å². The molecule has 32 heavy (non-hydrogen) atoms. The number of carbonyl (C=O) groups is 2. The van der Waals surface area contributed by atoms with Crippen molar-refractivity contribution in [3.8, 4) is 5.75 Å². The first-order valence-electron chi connectivity index (χ1n) is 9.90. The van der Waals surface area contributed by atoms with Crippen LogP contribution in [0.3, 0.4) is 0 Å². The molecule has 0 fully saturated rings. The zero-order valence-corrected chi connectivity index (χ0v) is 19.9. The van der Waals surface area contributed by atoms with Crippen LogP contribution in [0.25, 0.3) is 0 Å². The predicted octanol–water partition coefficient (Wildman–Crippen LogP) is 4.60. The summed E-state index contributed by atoms with van der Waals surface area (Å²) >= 11 is 2.60. The van der Waals surface area contributed by atoms with Gasteiger partial charge < -0.3 is 15.4 Å². The number of rotatable bonds is 8. The van der Waals surface area contributed by atoms with E-state index in [1.807, 2.05) is 56.3 Å². The van der Waals surface area contributed by atoms with E-state index in [2.05, 4.69) is 26.1 Å². The van der Waals surface area contributed by atoms with Crippen molar-refractivity contribution >= 4 is 45.9 Å². The minimum atomic E-state index is -0.562. The third-order valence-corrected chi connectivity index (χ3v) is 6.59. The number of hydrogen-bond donors (Lipinski definition) is 3. The van der Waals surface area contributed by atoms with Crippen molar-refractivity contribution in [2.24, 2.45) is 0 Å². The van der Waals surface area contributed by atoms with Crippen molar-refractivity contribution in [1.82, 2.24) is 15.5 Å². The van der Waals surface area contributed by atoms with Gasteiger partial charge in [0.05, 0.1) is 12.4 Å². The standard InChI is InChI=1S/C22H25N5O3S2/c1-13-5-10-18(14(2)11-13)24-20(29)25-19(28)15(3)31-22-27-26-21(32-22)23-12-16-6-8-17(30-4)9-7-16/h5-11,15H,12H2,1-4H3,(H,23,26)(H2,24,25,28,29). The zero-order chi connectivity index (χ0) is 23.1. The Labute approximate surface area is 195 Å². The second-order valence-corrected chi connectivity index (χ2v) is 9.66. The summed E-state index contributed by atoms with van der Waals surface area (Å²) in [6.45, 7) is 6.19. The number of aromatic nitrogens is 2. The SMILES string of the molecule is COc1ccc(CNc2nnc(SC(C)C(=O)NC(=O)Nc3ccc(C)cc3C)s2)cc1. The average molecular weight is 472 g/mol. The molecule has 8 nitrogen and oxygen atoms in total. The summed E-state index contributed by atoms with van der Waals surface area (Å²) in [5.74, 6) is 0.401. The maximum atomic E-state index is 12.4. The van der Waals surface area contributed by atoms with E-state index in [0.717, 1.165) is 22.4 Å². The Bertz CT molecular complexity index is 1090. The van der Waals surface area contributed by atoms with E-state index in [1.165, 1.54) is 23.1 Å². The van der Waals surface area contributed by atoms with Crippen LogP contribution >= 0.6 is 23.1 Å². The summed E-state index contributed by atoms with van der Waals surface area (Å²) in [4.78, 5) is 24.6. The number of nitrogens with zero attached hydrogens (tertiary/aromatic N) is 2. The quantitative estimate of drug-likeness (QED) is 0.412. The van der Waals surface area contributed by atoms with Crippen molar-refractivity contribution in [3.05, 3.63) is 59.2 Å². The summed E-state index contributed by atoms with van der Waals surface area (Å²) in [5, 5.41) is 16.7. The molecule has 3 rings (SSSR count). The molecular formula is C22H25N5O3S2. The lowest BCUT2D eigenvalue weighted by atomic mass is 10.1. The number of hydrogen-bond acceptors (Lipinski definition) is 8. The van der Waals surface area contributed by atoms with Crippen LogP contribution in [-0.4, -0.2) is 34.5 Å². The van der Waals surface area contributed by atoms with Gasteiger partial charge in [0.2, 0.25) is 11.0 Å². The fourth-order valence-electron chi connectivity index (χ4n) is 2.78. The number of aryl methyl sites for hydroxylation is 2. The van der Waals surface area contributed by atoms with Crippen LogP contribution in [0.1, 0.15) is 23.6 Å². The number of thioether (sulfide) groups is 1. The molecular weight excluding hydrogens is 446 g/mol. The first kappa shape index (κ1) is 23.6. The van der Waals surface area contributed by atoms with Crippen LogP contribution in [0, 0.1) is 13.8 Å². The summed E-state index contributed by atoms with van der Waals surface area (Å²) < 4.78 is 5.79. The number of urea groups is 1. The van der Waals surface area contributed by atoms with Gasteiger partial charge in [0.15, 0.2) is 4.34 Å². The first-order chi connectivity index (χ1) is 15.3. The number of imide groups is 1.